The maximum Gasteiger partial charge on any atom is 0.252 e. The maximum absolute atomic E-state index is 15.0. The van der Waals surface area contributed by atoms with Crippen LogP contribution in [-0.2, 0) is 6.42 Å². The number of pyridine rings is 2. The molecule has 9 nitrogen and oxygen atoms in total. The molecule has 0 saturated carbocycles. The van der Waals surface area contributed by atoms with Gasteiger partial charge in [-0.05, 0) is 24.6 Å². The molecule has 0 aromatic carbocycles. The number of nitrogens with one attached hydrogen (secondary N) is 1. The molecular formula is C22H21FN8O. The number of hydrogen-bond donors (Lipinski definition) is 2. The van der Waals surface area contributed by atoms with E-state index >= 15 is 4.39 Å². The SMILES string of the molecule is N#Cc1cnc(N2CC[C@@H](Nc3cc(Cc4ccccn4)ncc3C(N)=O)[C@@H](F)C2)nc1. The van der Waals surface area contributed by atoms with Crippen LogP contribution >= 0.6 is 0 Å². The fourth-order valence-electron chi connectivity index (χ4n) is 3.59. The van der Waals surface area contributed by atoms with Crippen LogP contribution in [0.15, 0.2) is 49.1 Å². The van der Waals surface area contributed by atoms with Gasteiger partial charge in [0.25, 0.3) is 5.91 Å². The topological polar surface area (TPSA) is 134 Å². The van der Waals surface area contributed by atoms with E-state index in [2.05, 4.69) is 25.3 Å². The Hall–Kier alpha value is -4.13. The van der Waals surface area contributed by atoms with Crippen LogP contribution in [0, 0.1) is 11.3 Å². The molecule has 3 aromatic rings. The highest BCUT2D eigenvalue weighted by Gasteiger charge is 2.31. The van der Waals surface area contributed by atoms with Crippen LogP contribution in [0.5, 0.6) is 0 Å². The van der Waals surface area contributed by atoms with Gasteiger partial charge >= 0.3 is 0 Å². The van der Waals surface area contributed by atoms with Crippen molar-refractivity contribution in [2.24, 2.45) is 5.73 Å². The molecule has 4 heterocycles. The number of aromatic nitrogens is 4. The Labute approximate surface area is 184 Å². The maximum atomic E-state index is 15.0. The Bertz CT molecular complexity index is 1130. The van der Waals surface area contributed by atoms with E-state index in [9.17, 15) is 4.79 Å². The number of nitrogens with zero attached hydrogens (tertiary/aromatic N) is 6. The second-order valence-electron chi connectivity index (χ2n) is 7.47. The number of amides is 1. The first-order valence-electron chi connectivity index (χ1n) is 10.1. The number of hydrogen-bond acceptors (Lipinski definition) is 8. The largest absolute Gasteiger partial charge is 0.378 e. The van der Waals surface area contributed by atoms with E-state index in [4.69, 9.17) is 11.0 Å². The van der Waals surface area contributed by atoms with Gasteiger partial charge in [-0.3, -0.25) is 14.8 Å². The molecule has 0 spiro atoms. The summed E-state index contributed by atoms with van der Waals surface area (Å²) in [5.74, 6) is -0.257. The fourth-order valence-corrected chi connectivity index (χ4v) is 3.59. The molecule has 32 heavy (non-hydrogen) atoms. The van der Waals surface area contributed by atoms with Gasteiger partial charge in [0.2, 0.25) is 5.95 Å². The molecule has 3 aromatic heterocycles. The molecule has 0 radical (unpaired) electrons. The van der Waals surface area contributed by atoms with Crippen molar-refractivity contribution in [2.75, 3.05) is 23.3 Å². The van der Waals surface area contributed by atoms with Crippen LogP contribution in [0.2, 0.25) is 0 Å². The zero-order valence-corrected chi connectivity index (χ0v) is 17.1. The van der Waals surface area contributed by atoms with Crippen LogP contribution in [0.3, 0.4) is 0 Å². The second-order valence-corrected chi connectivity index (χ2v) is 7.47. The number of rotatable bonds is 6. The Balaban J connectivity index is 1.48. The minimum absolute atomic E-state index is 0.0847. The quantitative estimate of drug-likeness (QED) is 0.603. The predicted octanol–water partition coefficient (Wildman–Crippen LogP) is 1.86. The summed E-state index contributed by atoms with van der Waals surface area (Å²) in [5.41, 5.74) is 8.03. The summed E-state index contributed by atoms with van der Waals surface area (Å²) in [5, 5.41) is 12.0. The number of nitriles is 1. The smallest absolute Gasteiger partial charge is 0.252 e. The van der Waals surface area contributed by atoms with Crippen molar-refractivity contribution in [2.45, 2.75) is 25.1 Å². The Morgan fingerprint density at radius 3 is 2.69 bits per heavy atom. The predicted molar refractivity (Wildman–Crippen MR) is 116 cm³/mol. The van der Waals surface area contributed by atoms with Gasteiger partial charge in [-0.1, -0.05) is 6.07 Å². The minimum atomic E-state index is -1.24. The third-order valence-corrected chi connectivity index (χ3v) is 5.25. The van der Waals surface area contributed by atoms with Crippen LogP contribution < -0.4 is 16.0 Å². The molecule has 0 aliphatic carbocycles. The first-order chi connectivity index (χ1) is 15.5. The lowest BCUT2D eigenvalue weighted by Crippen LogP contribution is -2.48. The van der Waals surface area contributed by atoms with Crippen LogP contribution in [0.1, 0.15) is 33.7 Å². The molecular weight excluding hydrogens is 411 g/mol. The number of primary amides is 1. The van der Waals surface area contributed by atoms with Crippen molar-refractivity contribution in [3.05, 3.63) is 71.6 Å². The molecule has 1 aliphatic heterocycles. The van der Waals surface area contributed by atoms with Gasteiger partial charge in [0.1, 0.15) is 12.2 Å². The van der Waals surface area contributed by atoms with E-state index in [0.717, 1.165) is 5.69 Å². The second kappa shape index (κ2) is 9.34. The summed E-state index contributed by atoms with van der Waals surface area (Å²) in [4.78, 5) is 30.5. The average molecular weight is 432 g/mol. The van der Waals surface area contributed by atoms with E-state index in [-0.39, 0.29) is 12.1 Å². The van der Waals surface area contributed by atoms with Gasteiger partial charge < -0.3 is 16.0 Å². The van der Waals surface area contributed by atoms with Gasteiger partial charge in [-0.2, -0.15) is 5.26 Å². The van der Waals surface area contributed by atoms with Gasteiger partial charge in [0.05, 0.1) is 41.8 Å². The standard InChI is InChI=1S/C22H21FN8O/c23-18-13-31(22-28-10-14(9-24)11-29-22)6-4-19(18)30-20-8-16(27-12-17(20)21(25)32)7-15-3-1-2-5-26-15/h1-3,5,8,10-12,18-19H,4,6-7,13H2,(H2,25,32)(H,27,30)/t18-,19+/m0/s1. The third kappa shape index (κ3) is 4.78. The number of halogens is 1. The summed E-state index contributed by atoms with van der Waals surface area (Å²) in [6, 6.07) is 8.76. The van der Waals surface area contributed by atoms with Crippen molar-refractivity contribution in [3.8, 4) is 6.07 Å². The normalized spacial score (nSPS) is 18.1. The summed E-state index contributed by atoms with van der Waals surface area (Å²) >= 11 is 0. The monoisotopic (exact) mass is 432 g/mol. The molecule has 1 fully saturated rings. The molecule has 0 bridgehead atoms. The number of nitrogens with two attached hydrogens (primary N) is 1. The van der Waals surface area contributed by atoms with Crippen molar-refractivity contribution in [3.63, 3.8) is 0 Å². The fraction of sp³-hybridized carbons (Fsp3) is 0.273. The first-order valence-corrected chi connectivity index (χ1v) is 10.1. The molecule has 162 valence electrons. The van der Waals surface area contributed by atoms with E-state index in [0.29, 0.717) is 42.3 Å². The zero-order chi connectivity index (χ0) is 22.5. The highest BCUT2D eigenvalue weighted by atomic mass is 19.1. The summed E-state index contributed by atoms with van der Waals surface area (Å²) in [7, 11) is 0. The third-order valence-electron chi connectivity index (χ3n) is 5.25. The molecule has 0 unspecified atom stereocenters. The highest BCUT2D eigenvalue weighted by molar-refractivity contribution is 5.98. The van der Waals surface area contributed by atoms with E-state index < -0.39 is 18.1 Å². The Morgan fingerprint density at radius 2 is 2.03 bits per heavy atom. The van der Waals surface area contributed by atoms with Gasteiger partial charge in [-0.15, -0.1) is 0 Å². The molecule has 2 atom stereocenters. The summed E-state index contributed by atoms with van der Waals surface area (Å²) in [6.07, 6.45) is 5.64. The lowest BCUT2D eigenvalue weighted by molar-refractivity contribution is 0.100. The van der Waals surface area contributed by atoms with E-state index in [1.807, 2.05) is 24.3 Å². The lowest BCUT2D eigenvalue weighted by Gasteiger charge is -2.35. The summed E-state index contributed by atoms with van der Waals surface area (Å²) < 4.78 is 15.0. The van der Waals surface area contributed by atoms with Crippen LogP contribution in [0.25, 0.3) is 0 Å². The van der Waals surface area contributed by atoms with Crippen molar-refractivity contribution in [1.29, 1.82) is 5.26 Å². The number of carbonyl (C=O) groups excluding carboxylic acids is 1. The lowest BCUT2D eigenvalue weighted by atomic mass is 10.0. The van der Waals surface area contributed by atoms with Gasteiger partial charge in [0.15, 0.2) is 0 Å². The Morgan fingerprint density at radius 1 is 1.22 bits per heavy atom. The van der Waals surface area contributed by atoms with Crippen molar-refractivity contribution < 1.29 is 9.18 Å². The number of anilines is 2. The summed E-state index contributed by atoms with van der Waals surface area (Å²) in [6.45, 7) is 0.600. The average Bonchev–Trinajstić information content (AvgIpc) is 2.81. The molecule has 3 N–H and O–H groups in total. The van der Waals surface area contributed by atoms with Crippen LogP contribution in [0.4, 0.5) is 16.0 Å². The molecule has 1 saturated heterocycles. The van der Waals surface area contributed by atoms with Crippen molar-refractivity contribution in [1.82, 2.24) is 19.9 Å². The molecule has 10 heteroatoms. The Kier molecular flexibility index (Phi) is 6.17. The number of carbonyl (C=O) groups is 1. The zero-order valence-electron chi connectivity index (χ0n) is 17.1. The van der Waals surface area contributed by atoms with Crippen molar-refractivity contribution >= 4 is 17.5 Å². The number of piperidine rings is 1. The highest BCUT2D eigenvalue weighted by Crippen LogP contribution is 2.24. The minimum Gasteiger partial charge on any atom is -0.378 e. The first kappa shape index (κ1) is 21.1. The van der Waals surface area contributed by atoms with Gasteiger partial charge in [-0.25, -0.2) is 14.4 Å². The van der Waals surface area contributed by atoms with E-state index in [1.54, 1.807) is 17.2 Å². The van der Waals surface area contributed by atoms with Crippen LogP contribution in [-0.4, -0.2) is 51.1 Å². The molecule has 1 aliphatic rings. The van der Waals surface area contributed by atoms with E-state index in [1.165, 1.54) is 18.6 Å². The molecule has 4 rings (SSSR count). The molecule has 1 amide bonds. The number of alkyl halides is 1. The van der Waals surface area contributed by atoms with Gasteiger partial charge in [0, 0.05) is 36.7 Å².